The van der Waals surface area contributed by atoms with E-state index in [4.69, 9.17) is 4.74 Å². The molecular formula is C14H20N2O2. The maximum atomic E-state index is 12.1. The van der Waals surface area contributed by atoms with Gasteiger partial charge < -0.3 is 15.0 Å². The molecule has 4 nitrogen and oxygen atoms in total. The van der Waals surface area contributed by atoms with Crippen molar-refractivity contribution >= 4 is 11.7 Å². The standard InChI is InChI=1S/C14H20N2O2/c1-11-4-3-9-16(10-11)14(17)15-12-5-7-13(18-2)8-6-12/h5-8,11H,3-4,9-10H2,1-2H3,(H,15,17). The molecule has 1 aliphatic rings. The van der Waals surface area contributed by atoms with E-state index in [1.807, 2.05) is 29.2 Å². The van der Waals surface area contributed by atoms with E-state index in [2.05, 4.69) is 12.2 Å². The fourth-order valence-corrected chi connectivity index (χ4v) is 2.25. The van der Waals surface area contributed by atoms with Gasteiger partial charge in [0.25, 0.3) is 0 Å². The quantitative estimate of drug-likeness (QED) is 0.874. The SMILES string of the molecule is COc1ccc(NC(=O)N2CCCC(C)C2)cc1. The zero-order valence-electron chi connectivity index (χ0n) is 11.0. The van der Waals surface area contributed by atoms with Crippen molar-refractivity contribution in [2.75, 3.05) is 25.5 Å². The lowest BCUT2D eigenvalue weighted by atomic mass is 10.0. The Morgan fingerprint density at radius 3 is 2.72 bits per heavy atom. The lowest BCUT2D eigenvalue weighted by molar-refractivity contribution is 0.182. The van der Waals surface area contributed by atoms with Crippen LogP contribution in [0.1, 0.15) is 19.8 Å². The van der Waals surface area contributed by atoms with Gasteiger partial charge in [-0.15, -0.1) is 0 Å². The van der Waals surface area contributed by atoms with Crippen molar-refractivity contribution in [3.8, 4) is 5.75 Å². The summed E-state index contributed by atoms with van der Waals surface area (Å²) in [7, 11) is 1.63. The molecule has 1 fully saturated rings. The molecule has 1 saturated heterocycles. The summed E-state index contributed by atoms with van der Waals surface area (Å²) in [5, 5.41) is 2.91. The molecule has 2 amide bonds. The van der Waals surface area contributed by atoms with Crippen molar-refractivity contribution in [3.05, 3.63) is 24.3 Å². The minimum Gasteiger partial charge on any atom is -0.497 e. The number of methoxy groups -OCH3 is 1. The Morgan fingerprint density at radius 2 is 2.11 bits per heavy atom. The van der Waals surface area contributed by atoms with Crippen LogP contribution in [0.25, 0.3) is 0 Å². The molecular weight excluding hydrogens is 228 g/mol. The van der Waals surface area contributed by atoms with E-state index in [1.165, 1.54) is 6.42 Å². The first-order chi connectivity index (χ1) is 8.69. The minimum atomic E-state index is -0.00767. The number of carbonyl (C=O) groups is 1. The van der Waals surface area contributed by atoms with Crippen molar-refractivity contribution in [1.29, 1.82) is 0 Å². The molecule has 18 heavy (non-hydrogen) atoms. The molecule has 1 atom stereocenters. The summed E-state index contributed by atoms with van der Waals surface area (Å²) in [5.41, 5.74) is 0.805. The summed E-state index contributed by atoms with van der Waals surface area (Å²) in [6.07, 6.45) is 2.31. The number of likely N-dealkylation sites (tertiary alicyclic amines) is 1. The van der Waals surface area contributed by atoms with Crippen LogP contribution in [0.4, 0.5) is 10.5 Å². The largest absolute Gasteiger partial charge is 0.497 e. The number of ether oxygens (including phenoxy) is 1. The number of piperidine rings is 1. The second-order valence-corrected chi connectivity index (χ2v) is 4.85. The third-order valence-corrected chi connectivity index (χ3v) is 3.29. The summed E-state index contributed by atoms with van der Waals surface area (Å²) in [5.74, 6) is 1.39. The average Bonchev–Trinajstić information content (AvgIpc) is 2.39. The summed E-state index contributed by atoms with van der Waals surface area (Å²) < 4.78 is 5.08. The van der Waals surface area contributed by atoms with E-state index in [9.17, 15) is 4.79 Å². The lowest BCUT2D eigenvalue weighted by Gasteiger charge is -2.30. The van der Waals surface area contributed by atoms with Gasteiger partial charge in [0, 0.05) is 18.8 Å². The summed E-state index contributed by atoms with van der Waals surface area (Å²) >= 11 is 0. The second kappa shape index (κ2) is 5.76. The molecule has 1 unspecified atom stereocenters. The second-order valence-electron chi connectivity index (χ2n) is 4.85. The smallest absolute Gasteiger partial charge is 0.321 e. The highest BCUT2D eigenvalue weighted by atomic mass is 16.5. The van der Waals surface area contributed by atoms with Gasteiger partial charge in [0.2, 0.25) is 0 Å². The van der Waals surface area contributed by atoms with Gasteiger partial charge in [0.1, 0.15) is 5.75 Å². The Labute approximate surface area is 108 Å². The van der Waals surface area contributed by atoms with Crippen LogP contribution in [-0.2, 0) is 0 Å². The molecule has 0 spiro atoms. The zero-order chi connectivity index (χ0) is 13.0. The number of hydrogen-bond acceptors (Lipinski definition) is 2. The molecule has 0 bridgehead atoms. The zero-order valence-corrected chi connectivity index (χ0v) is 11.0. The van der Waals surface area contributed by atoms with Gasteiger partial charge in [-0.2, -0.15) is 0 Å². The van der Waals surface area contributed by atoms with Gasteiger partial charge >= 0.3 is 6.03 Å². The number of nitrogens with one attached hydrogen (secondary N) is 1. The van der Waals surface area contributed by atoms with Crippen LogP contribution in [-0.4, -0.2) is 31.1 Å². The van der Waals surface area contributed by atoms with Crippen molar-refractivity contribution in [2.45, 2.75) is 19.8 Å². The van der Waals surface area contributed by atoms with E-state index in [-0.39, 0.29) is 6.03 Å². The molecule has 1 heterocycles. The average molecular weight is 248 g/mol. The molecule has 0 aliphatic carbocycles. The maximum absolute atomic E-state index is 12.1. The number of nitrogens with zero attached hydrogens (tertiary/aromatic N) is 1. The number of urea groups is 1. The van der Waals surface area contributed by atoms with E-state index in [0.29, 0.717) is 5.92 Å². The fraction of sp³-hybridized carbons (Fsp3) is 0.500. The van der Waals surface area contributed by atoms with Gasteiger partial charge in [0.15, 0.2) is 0 Å². The molecule has 1 N–H and O–H groups in total. The van der Waals surface area contributed by atoms with Crippen LogP contribution < -0.4 is 10.1 Å². The Bertz CT molecular complexity index is 403. The molecule has 1 aliphatic heterocycles. The maximum Gasteiger partial charge on any atom is 0.321 e. The number of amides is 2. The monoisotopic (exact) mass is 248 g/mol. The summed E-state index contributed by atoms with van der Waals surface area (Å²) in [6.45, 7) is 3.89. The van der Waals surface area contributed by atoms with Crippen molar-refractivity contribution in [3.63, 3.8) is 0 Å². The third-order valence-electron chi connectivity index (χ3n) is 3.29. The van der Waals surface area contributed by atoms with E-state index in [0.717, 1.165) is 30.9 Å². The Hall–Kier alpha value is -1.71. The van der Waals surface area contributed by atoms with Crippen molar-refractivity contribution in [1.82, 2.24) is 4.90 Å². The number of carbonyl (C=O) groups excluding carboxylic acids is 1. The Balaban J connectivity index is 1.93. The molecule has 0 saturated carbocycles. The molecule has 2 rings (SSSR count). The first-order valence-electron chi connectivity index (χ1n) is 6.39. The highest BCUT2D eigenvalue weighted by Crippen LogP contribution is 2.18. The van der Waals surface area contributed by atoms with Crippen LogP contribution in [0.3, 0.4) is 0 Å². The predicted molar refractivity (Wildman–Crippen MR) is 72.0 cm³/mol. The van der Waals surface area contributed by atoms with Gasteiger partial charge in [-0.1, -0.05) is 6.92 Å². The van der Waals surface area contributed by atoms with Crippen LogP contribution in [0, 0.1) is 5.92 Å². The van der Waals surface area contributed by atoms with E-state index < -0.39 is 0 Å². The van der Waals surface area contributed by atoms with Gasteiger partial charge in [-0.05, 0) is 43.0 Å². The highest BCUT2D eigenvalue weighted by Gasteiger charge is 2.20. The fourth-order valence-electron chi connectivity index (χ4n) is 2.25. The van der Waals surface area contributed by atoms with Crippen molar-refractivity contribution < 1.29 is 9.53 Å². The first-order valence-corrected chi connectivity index (χ1v) is 6.39. The topological polar surface area (TPSA) is 41.6 Å². The predicted octanol–water partition coefficient (Wildman–Crippen LogP) is 2.96. The third kappa shape index (κ3) is 3.15. The van der Waals surface area contributed by atoms with Crippen LogP contribution >= 0.6 is 0 Å². The van der Waals surface area contributed by atoms with Crippen molar-refractivity contribution in [2.24, 2.45) is 5.92 Å². The van der Waals surface area contributed by atoms with Gasteiger partial charge in [-0.25, -0.2) is 4.79 Å². The van der Waals surface area contributed by atoms with E-state index >= 15 is 0 Å². The van der Waals surface area contributed by atoms with Crippen LogP contribution in [0.2, 0.25) is 0 Å². The molecule has 0 aromatic heterocycles. The normalized spacial score (nSPS) is 19.4. The highest BCUT2D eigenvalue weighted by molar-refractivity contribution is 5.89. The van der Waals surface area contributed by atoms with Gasteiger partial charge in [0.05, 0.1) is 7.11 Å². The molecule has 4 heteroatoms. The Morgan fingerprint density at radius 1 is 1.39 bits per heavy atom. The number of benzene rings is 1. The number of rotatable bonds is 2. The molecule has 1 aromatic carbocycles. The lowest BCUT2D eigenvalue weighted by Crippen LogP contribution is -2.41. The van der Waals surface area contributed by atoms with E-state index in [1.54, 1.807) is 7.11 Å². The molecule has 0 radical (unpaired) electrons. The Kier molecular flexibility index (Phi) is 4.07. The molecule has 98 valence electrons. The molecule has 1 aromatic rings. The summed E-state index contributed by atoms with van der Waals surface area (Å²) in [4.78, 5) is 13.9. The number of hydrogen-bond donors (Lipinski definition) is 1. The van der Waals surface area contributed by atoms with Crippen LogP contribution in [0.15, 0.2) is 24.3 Å². The van der Waals surface area contributed by atoms with Gasteiger partial charge in [-0.3, -0.25) is 0 Å². The van der Waals surface area contributed by atoms with Crippen LogP contribution in [0.5, 0.6) is 5.75 Å². The first kappa shape index (κ1) is 12.7. The minimum absolute atomic E-state index is 0.00767. The summed E-state index contributed by atoms with van der Waals surface area (Å²) in [6, 6.07) is 7.38. The number of anilines is 1.